The molecule has 0 aliphatic rings. The van der Waals surface area contributed by atoms with E-state index < -0.39 is 5.97 Å². The van der Waals surface area contributed by atoms with Crippen LogP contribution in [0.1, 0.15) is 37.8 Å². The second-order valence-corrected chi connectivity index (χ2v) is 4.65. The van der Waals surface area contributed by atoms with Gasteiger partial charge in [0.2, 0.25) is 5.91 Å². The molecule has 0 heterocycles. The number of carboxylic acids is 1. The molecule has 0 bridgehead atoms. The Hall–Kier alpha value is -2.24. The topological polar surface area (TPSA) is 84.9 Å². The number of hydrogen-bond acceptors (Lipinski definition) is 4. The Morgan fingerprint density at radius 3 is 2.43 bits per heavy atom. The van der Waals surface area contributed by atoms with Crippen molar-refractivity contribution in [1.29, 1.82) is 0 Å². The highest BCUT2D eigenvalue weighted by molar-refractivity contribution is 5.77. The zero-order chi connectivity index (χ0) is 15.8. The van der Waals surface area contributed by atoms with Crippen LogP contribution in [0.5, 0.6) is 11.5 Å². The van der Waals surface area contributed by atoms with Crippen molar-refractivity contribution in [2.75, 3.05) is 14.2 Å². The van der Waals surface area contributed by atoms with Gasteiger partial charge in [0, 0.05) is 12.8 Å². The van der Waals surface area contributed by atoms with Crippen molar-refractivity contribution in [3.8, 4) is 11.5 Å². The number of ether oxygens (including phenoxy) is 2. The minimum Gasteiger partial charge on any atom is -0.493 e. The van der Waals surface area contributed by atoms with Crippen LogP contribution >= 0.6 is 0 Å². The zero-order valence-corrected chi connectivity index (χ0v) is 12.5. The van der Waals surface area contributed by atoms with E-state index in [1.165, 1.54) is 0 Å². The SMILES string of the molecule is COc1ccc(C(C)NC(=O)CCCC(=O)O)cc1OC. The van der Waals surface area contributed by atoms with Crippen LogP contribution in [0.25, 0.3) is 0 Å². The van der Waals surface area contributed by atoms with Crippen LogP contribution in [0.15, 0.2) is 18.2 Å². The lowest BCUT2D eigenvalue weighted by Crippen LogP contribution is -2.26. The molecule has 0 fully saturated rings. The molecule has 1 amide bonds. The number of rotatable bonds is 8. The Morgan fingerprint density at radius 1 is 1.19 bits per heavy atom. The molecule has 0 saturated heterocycles. The molecular weight excluding hydrogens is 274 g/mol. The van der Waals surface area contributed by atoms with Gasteiger partial charge in [0.1, 0.15) is 0 Å². The van der Waals surface area contributed by atoms with E-state index in [-0.39, 0.29) is 24.8 Å². The van der Waals surface area contributed by atoms with Crippen LogP contribution in [0, 0.1) is 0 Å². The first-order chi connectivity index (χ1) is 9.97. The summed E-state index contributed by atoms with van der Waals surface area (Å²) in [5.41, 5.74) is 0.888. The highest BCUT2D eigenvalue weighted by Gasteiger charge is 2.13. The van der Waals surface area contributed by atoms with Crippen molar-refractivity contribution in [1.82, 2.24) is 5.32 Å². The van der Waals surface area contributed by atoms with Gasteiger partial charge in [0.25, 0.3) is 0 Å². The summed E-state index contributed by atoms with van der Waals surface area (Å²) in [6.07, 6.45) is 0.530. The number of aliphatic carboxylic acids is 1. The minimum absolute atomic E-state index is 0.00183. The number of carboxylic acid groups (broad SMARTS) is 1. The number of hydrogen-bond donors (Lipinski definition) is 2. The lowest BCUT2D eigenvalue weighted by atomic mass is 10.1. The summed E-state index contributed by atoms with van der Waals surface area (Å²) in [6.45, 7) is 1.86. The van der Waals surface area contributed by atoms with E-state index in [1.807, 2.05) is 13.0 Å². The smallest absolute Gasteiger partial charge is 0.303 e. The van der Waals surface area contributed by atoms with Gasteiger partial charge >= 0.3 is 5.97 Å². The van der Waals surface area contributed by atoms with Crippen molar-refractivity contribution in [3.05, 3.63) is 23.8 Å². The maximum absolute atomic E-state index is 11.7. The van der Waals surface area contributed by atoms with E-state index in [0.717, 1.165) is 5.56 Å². The van der Waals surface area contributed by atoms with Crippen LogP contribution in [0.2, 0.25) is 0 Å². The minimum atomic E-state index is -0.893. The summed E-state index contributed by atoms with van der Waals surface area (Å²) in [4.78, 5) is 22.1. The molecule has 6 nitrogen and oxygen atoms in total. The van der Waals surface area contributed by atoms with E-state index in [0.29, 0.717) is 17.9 Å². The normalized spacial score (nSPS) is 11.6. The number of methoxy groups -OCH3 is 2. The van der Waals surface area contributed by atoms with Gasteiger partial charge in [-0.3, -0.25) is 9.59 Å². The van der Waals surface area contributed by atoms with Gasteiger partial charge in [-0.1, -0.05) is 6.07 Å². The largest absolute Gasteiger partial charge is 0.493 e. The van der Waals surface area contributed by atoms with Gasteiger partial charge in [0.05, 0.1) is 20.3 Å². The number of carbonyl (C=O) groups is 2. The first-order valence-electron chi connectivity index (χ1n) is 6.71. The van der Waals surface area contributed by atoms with Crippen molar-refractivity contribution in [3.63, 3.8) is 0 Å². The van der Waals surface area contributed by atoms with Gasteiger partial charge < -0.3 is 19.9 Å². The third-order valence-electron chi connectivity index (χ3n) is 3.08. The van der Waals surface area contributed by atoms with Crippen molar-refractivity contribution in [2.24, 2.45) is 0 Å². The Kier molecular flexibility index (Phi) is 6.52. The average Bonchev–Trinajstić information content (AvgIpc) is 2.45. The van der Waals surface area contributed by atoms with Crippen LogP contribution in [0.3, 0.4) is 0 Å². The molecule has 0 saturated carbocycles. The number of carbonyl (C=O) groups excluding carboxylic acids is 1. The van der Waals surface area contributed by atoms with Gasteiger partial charge in [0.15, 0.2) is 11.5 Å². The van der Waals surface area contributed by atoms with Crippen molar-refractivity contribution in [2.45, 2.75) is 32.2 Å². The monoisotopic (exact) mass is 295 g/mol. The van der Waals surface area contributed by atoms with E-state index in [1.54, 1.807) is 26.4 Å². The Balaban J connectivity index is 2.60. The van der Waals surface area contributed by atoms with E-state index in [9.17, 15) is 9.59 Å². The molecule has 21 heavy (non-hydrogen) atoms. The molecule has 1 atom stereocenters. The molecular formula is C15H21NO5. The summed E-state index contributed by atoms with van der Waals surface area (Å²) in [5, 5.41) is 11.4. The first kappa shape index (κ1) is 16.8. The molecule has 0 radical (unpaired) electrons. The quantitative estimate of drug-likeness (QED) is 0.767. The highest BCUT2D eigenvalue weighted by atomic mass is 16.5. The Labute approximate surface area is 124 Å². The molecule has 2 N–H and O–H groups in total. The van der Waals surface area contributed by atoms with E-state index >= 15 is 0 Å². The third-order valence-corrected chi connectivity index (χ3v) is 3.08. The summed E-state index contributed by atoms with van der Waals surface area (Å²) < 4.78 is 10.4. The highest BCUT2D eigenvalue weighted by Crippen LogP contribution is 2.29. The molecule has 0 aliphatic carbocycles. The predicted molar refractivity (Wildman–Crippen MR) is 77.6 cm³/mol. The molecule has 1 rings (SSSR count). The molecule has 6 heteroatoms. The first-order valence-corrected chi connectivity index (χ1v) is 6.71. The van der Waals surface area contributed by atoms with Crippen LogP contribution < -0.4 is 14.8 Å². The van der Waals surface area contributed by atoms with E-state index in [2.05, 4.69) is 5.32 Å². The van der Waals surface area contributed by atoms with Crippen molar-refractivity contribution >= 4 is 11.9 Å². The van der Waals surface area contributed by atoms with Crippen LogP contribution in [0.4, 0.5) is 0 Å². The molecule has 0 spiro atoms. The lowest BCUT2D eigenvalue weighted by Gasteiger charge is -2.16. The summed E-state index contributed by atoms with van der Waals surface area (Å²) in [5.74, 6) is 0.164. The fourth-order valence-corrected chi connectivity index (χ4v) is 1.92. The molecule has 1 unspecified atom stereocenters. The third kappa shape index (κ3) is 5.33. The standard InChI is InChI=1S/C15H21NO5/c1-10(16-14(17)5-4-6-15(18)19)11-7-8-12(20-2)13(9-11)21-3/h7-10H,4-6H2,1-3H3,(H,16,17)(H,18,19). The lowest BCUT2D eigenvalue weighted by molar-refractivity contribution is -0.137. The summed E-state index contributed by atoms with van der Waals surface area (Å²) in [6, 6.07) is 5.24. The second kappa shape index (κ2) is 8.14. The summed E-state index contributed by atoms with van der Waals surface area (Å²) >= 11 is 0. The maximum atomic E-state index is 11.7. The predicted octanol–water partition coefficient (Wildman–Crippen LogP) is 2.14. The van der Waals surface area contributed by atoms with Crippen molar-refractivity contribution < 1.29 is 24.2 Å². The van der Waals surface area contributed by atoms with Crippen LogP contribution in [-0.4, -0.2) is 31.2 Å². The Bertz CT molecular complexity index is 501. The van der Waals surface area contributed by atoms with Gasteiger partial charge in [-0.15, -0.1) is 0 Å². The van der Waals surface area contributed by atoms with Crippen LogP contribution in [-0.2, 0) is 9.59 Å². The molecule has 116 valence electrons. The van der Waals surface area contributed by atoms with Gasteiger partial charge in [-0.25, -0.2) is 0 Å². The van der Waals surface area contributed by atoms with Gasteiger partial charge in [-0.2, -0.15) is 0 Å². The fourth-order valence-electron chi connectivity index (χ4n) is 1.92. The molecule has 0 aliphatic heterocycles. The maximum Gasteiger partial charge on any atom is 0.303 e. The zero-order valence-electron chi connectivity index (χ0n) is 12.5. The molecule has 1 aromatic rings. The number of nitrogens with one attached hydrogen (secondary N) is 1. The Morgan fingerprint density at radius 2 is 1.86 bits per heavy atom. The number of amides is 1. The second-order valence-electron chi connectivity index (χ2n) is 4.65. The van der Waals surface area contributed by atoms with E-state index in [4.69, 9.17) is 14.6 Å². The van der Waals surface area contributed by atoms with Gasteiger partial charge in [-0.05, 0) is 31.0 Å². The molecule has 1 aromatic carbocycles. The fraction of sp³-hybridized carbons (Fsp3) is 0.467. The molecule has 0 aromatic heterocycles. The summed E-state index contributed by atoms with van der Waals surface area (Å²) in [7, 11) is 3.11. The number of benzene rings is 1. The average molecular weight is 295 g/mol.